The van der Waals surface area contributed by atoms with Crippen LogP contribution in [0, 0.1) is 11.3 Å². The smallest absolute Gasteiger partial charge is 0.113 e. The van der Waals surface area contributed by atoms with E-state index in [-0.39, 0.29) is 5.92 Å². The van der Waals surface area contributed by atoms with Crippen molar-refractivity contribution in [2.75, 3.05) is 0 Å². The summed E-state index contributed by atoms with van der Waals surface area (Å²) in [5.41, 5.74) is -0.196. The van der Waals surface area contributed by atoms with Gasteiger partial charge < -0.3 is 0 Å². The lowest BCUT2D eigenvalue weighted by molar-refractivity contribution is 0.0317. The molecule has 0 aromatic carbocycles. The molecule has 0 unspecified atom stereocenters. The monoisotopic (exact) mass is 170 g/mol. The molecule has 2 aliphatic rings. The predicted molar refractivity (Wildman–Crippen MR) is 48.8 cm³/mol. The van der Waals surface area contributed by atoms with Crippen molar-refractivity contribution in [1.29, 1.82) is 0 Å². The van der Waals surface area contributed by atoms with Gasteiger partial charge in [-0.25, -0.2) is 4.39 Å². The van der Waals surface area contributed by atoms with Crippen molar-refractivity contribution in [3.63, 3.8) is 0 Å². The fraction of sp³-hybridized carbons (Fsp3) is 1.00. The lowest BCUT2D eigenvalue weighted by Crippen LogP contribution is -2.35. The van der Waals surface area contributed by atoms with E-state index in [1.165, 1.54) is 12.8 Å². The van der Waals surface area contributed by atoms with Crippen molar-refractivity contribution >= 4 is 0 Å². The summed E-state index contributed by atoms with van der Waals surface area (Å²) in [6.07, 6.45) is 6.71. The van der Waals surface area contributed by atoms with Gasteiger partial charge in [-0.05, 0) is 49.9 Å². The molecule has 1 heteroatoms. The van der Waals surface area contributed by atoms with E-state index in [2.05, 4.69) is 0 Å². The van der Waals surface area contributed by atoms with Crippen LogP contribution in [0.3, 0.4) is 0 Å². The van der Waals surface area contributed by atoms with Crippen LogP contribution in [-0.4, -0.2) is 5.67 Å². The maximum Gasteiger partial charge on any atom is 0.113 e. The lowest BCUT2D eigenvalue weighted by atomic mass is 9.73. The summed E-state index contributed by atoms with van der Waals surface area (Å²) in [4.78, 5) is 0. The van der Waals surface area contributed by atoms with Crippen molar-refractivity contribution in [2.24, 2.45) is 11.3 Å². The molecule has 0 heterocycles. The van der Waals surface area contributed by atoms with Crippen molar-refractivity contribution in [1.82, 2.24) is 0 Å². The van der Waals surface area contributed by atoms with Gasteiger partial charge in [-0.3, -0.25) is 0 Å². The standard InChI is InChI=1S/C11H19F/c1-9(2)11(12)7-5-10(3-4-10)6-8-11/h9H,3-8H2,1-2H3. The second-order valence-electron chi connectivity index (χ2n) is 5.19. The highest BCUT2D eigenvalue weighted by Gasteiger charge is 2.50. The van der Waals surface area contributed by atoms with Crippen molar-refractivity contribution in [3.05, 3.63) is 0 Å². The molecule has 0 saturated heterocycles. The van der Waals surface area contributed by atoms with Gasteiger partial charge in [0.15, 0.2) is 0 Å². The summed E-state index contributed by atoms with van der Waals surface area (Å²) >= 11 is 0. The van der Waals surface area contributed by atoms with Crippen LogP contribution in [0.25, 0.3) is 0 Å². The second kappa shape index (κ2) is 2.46. The molecule has 0 radical (unpaired) electrons. The predicted octanol–water partition coefficient (Wildman–Crippen LogP) is 3.70. The van der Waals surface area contributed by atoms with Crippen LogP contribution in [-0.2, 0) is 0 Å². The molecule has 2 aliphatic carbocycles. The summed E-state index contributed by atoms with van der Waals surface area (Å²) in [5.74, 6) is 0.216. The van der Waals surface area contributed by atoms with E-state index in [0.29, 0.717) is 5.41 Å². The Morgan fingerprint density at radius 1 is 0.917 bits per heavy atom. The number of hydrogen-bond acceptors (Lipinski definition) is 0. The van der Waals surface area contributed by atoms with E-state index in [4.69, 9.17) is 0 Å². The van der Waals surface area contributed by atoms with Crippen molar-refractivity contribution in [3.8, 4) is 0 Å². The molecule has 0 aromatic heterocycles. The van der Waals surface area contributed by atoms with E-state index in [1.807, 2.05) is 13.8 Å². The Hall–Kier alpha value is -0.0700. The van der Waals surface area contributed by atoms with Crippen LogP contribution in [0.4, 0.5) is 4.39 Å². The number of halogens is 1. The Morgan fingerprint density at radius 3 is 1.67 bits per heavy atom. The summed E-state index contributed by atoms with van der Waals surface area (Å²) in [6.45, 7) is 4.04. The van der Waals surface area contributed by atoms with Crippen LogP contribution in [0.1, 0.15) is 52.4 Å². The molecular formula is C11H19F. The fourth-order valence-electron chi connectivity index (χ4n) is 2.45. The van der Waals surface area contributed by atoms with Crippen molar-refractivity contribution < 1.29 is 4.39 Å². The van der Waals surface area contributed by atoms with Gasteiger partial charge >= 0.3 is 0 Å². The summed E-state index contributed by atoms with van der Waals surface area (Å²) in [5, 5.41) is 0. The fourth-order valence-corrected chi connectivity index (χ4v) is 2.45. The average molecular weight is 170 g/mol. The normalized spacial score (nSPS) is 31.0. The highest BCUT2D eigenvalue weighted by molar-refractivity contribution is 5.01. The van der Waals surface area contributed by atoms with Gasteiger partial charge in [0, 0.05) is 0 Å². The largest absolute Gasteiger partial charge is 0.244 e. The molecule has 0 bridgehead atoms. The summed E-state index contributed by atoms with van der Waals surface area (Å²) in [7, 11) is 0. The SMILES string of the molecule is CC(C)C1(F)CCC2(CC2)CC1. The first-order chi connectivity index (χ1) is 5.56. The minimum Gasteiger partial charge on any atom is -0.244 e. The molecule has 70 valence electrons. The summed E-state index contributed by atoms with van der Waals surface area (Å²) < 4.78 is 14.1. The van der Waals surface area contributed by atoms with E-state index in [1.54, 1.807) is 0 Å². The minimum absolute atomic E-state index is 0.216. The Morgan fingerprint density at radius 2 is 1.33 bits per heavy atom. The van der Waals surface area contributed by atoms with Gasteiger partial charge in [-0.1, -0.05) is 13.8 Å². The molecule has 2 fully saturated rings. The van der Waals surface area contributed by atoms with Crippen LogP contribution < -0.4 is 0 Å². The van der Waals surface area contributed by atoms with Gasteiger partial charge in [0.2, 0.25) is 0 Å². The first-order valence-electron chi connectivity index (χ1n) is 5.25. The van der Waals surface area contributed by atoms with Gasteiger partial charge in [0.1, 0.15) is 5.67 Å². The molecule has 2 rings (SSSR count). The third kappa shape index (κ3) is 1.27. The van der Waals surface area contributed by atoms with Gasteiger partial charge in [-0.2, -0.15) is 0 Å². The number of alkyl halides is 1. The van der Waals surface area contributed by atoms with Crippen LogP contribution in [0.5, 0.6) is 0 Å². The Labute approximate surface area is 74.5 Å². The molecule has 1 spiro atoms. The van der Waals surface area contributed by atoms with Crippen LogP contribution in [0.15, 0.2) is 0 Å². The molecule has 0 aliphatic heterocycles. The number of hydrogen-bond donors (Lipinski definition) is 0. The van der Waals surface area contributed by atoms with Crippen LogP contribution in [0.2, 0.25) is 0 Å². The third-order valence-corrected chi connectivity index (χ3v) is 4.13. The van der Waals surface area contributed by atoms with E-state index >= 15 is 0 Å². The first kappa shape index (κ1) is 8.52. The van der Waals surface area contributed by atoms with Gasteiger partial charge in [0.25, 0.3) is 0 Å². The van der Waals surface area contributed by atoms with Gasteiger partial charge in [-0.15, -0.1) is 0 Å². The zero-order chi connectivity index (χ0) is 8.82. The molecule has 0 nitrogen and oxygen atoms in total. The van der Waals surface area contributed by atoms with E-state index < -0.39 is 5.67 Å². The number of rotatable bonds is 1. The second-order valence-corrected chi connectivity index (χ2v) is 5.19. The zero-order valence-electron chi connectivity index (χ0n) is 8.20. The van der Waals surface area contributed by atoms with E-state index in [0.717, 1.165) is 25.7 Å². The third-order valence-electron chi connectivity index (χ3n) is 4.13. The average Bonchev–Trinajstić information content (AvgIpc) is 2.77. The molecule has 0 N–H and O–H groups in total. The van der Waals surface area contributed by atoms with Gasteiger partial charge in [0.05, 0.1) is 0 Å². The lowest BCUT2D eigenvalue weighted by Gasteiger charge is -2.37. The molecule has 2 saturated carbocycles. The maximum atomic E-state index is 14.1. The molecule has 0 aromatic rings. The summed E-state index contributed by atoms with van der Waals surface area (Å²) in [6, 6.07) is 0. The minimum atomic E-state index is -0.826. The molecule has 0 atom stereocenters. The van der Waals surface area contributed by atoms with Crippen molar-refractivity contribution in [2.45, 2.75) is 58.0 Å². The molecule has 12 heavy (non-hydrogen) atoms. The zero-order valence-corrected chi connectivity index (χ0v) is 8.20. The quantitative estimate of drug-likeness (QED) is 0.563. The van der Waals surface area contributed by atoms with E-state index in [9.17, 15) is 4.39 Å². The highest BCUT2D eigenvalue weighted by atomic mass is 19.1. The topological polar surface area (TPSA) is 0 Å². The highest BCUT2D eigenvalue weighted by Crippen LogP contribution is 2.59. The maximum absolute atomic E-state index is 14.1. The molecule has 0 amide bonds. The van der Waals surface area contributed by atoms with Crippen LogP contribution >= 0.6 is 0 Å². The Balaban J connectivity index is 1.96. The molecular weight excluding hydrogens is 151 g/mol. The Bertz CT molecular complexity index is 169. The Kier molecular flexibility index (Phi) is 1.75. The first-order valence-corrected chi connectivity index (χ1v) is 5.25.